The molecule has 0 N–H and O–H groups in total. The zero-order valence-electron chi connectivity index (χ0n) is 6.97. The van der Waals surface area contributed by atoms with Gasteiger partial charge >= 0.3 is 0 Å². The maximum absolute atomic E-state index is 5.51. The standard InChI is InChI=1S/C11H8NO/c1-2-4-10(5-3-1)13-11-6-8-12-9-7-11/h1-2,4-9H. The van der Waals surface area contributed by atoms with Crippen molar-refractivity contribution in [1.29, 1.82) is 0 Å². The molecule has 1 aromatic heterocycles. The van der Waals surface area contributed by atoms with Crippen LogP contribution >= 0.6 is 0 Å². The first-order chi connectivity index (χ1) is 6.45. The van der Waals surface area contributed by atoms with Crippen LogP contribution < -0.4 is 4.74 Å². The summed E-state index contributed by atoms with van der Waals surface area (Å²) in [6.07, 6.45) is 3.39. The van der Waals surface area contributed by atoms with Gasteiger partial charge in [0.1, 0.15) is 11.5 Å². The first-order valence-electron chi connectivity index (χ1n) is 3.99. The molecule has 0 unspecified atom stereocenters. The topological polar surface area (TPSA) is 22.1 Å². The Balaban J connectivity index is 2.16. The minimum absolute atomic E-state index is 0.786. The number of benzene rings is 1. The highest BCUT2D eigenvalue weighted by Gasteiger charge is 1.93. The molecule has 2 aromatic rings. The second kappa shape index (κ2) is 3.72. The van der Waals surface area contributed by atoms with E-state index in [1.165, 1.54) is 0 Å². The molecule has 2 nitrogen and oxygen atoms in total. The molecule has 13 heavy (non-hydrogen) atoms. The second-order valence-corrected chi connectivity index (χ2v) is 2.52. The molecule has 0 saturated carbocycles. The van der Waals surface area contributed by atoms with E-state index in [1.807, 2.05) is 30.3 Å². The van der Waals surface area contributed by atoms with Gasteiger partial charge in [-0.25, -0.2) is 0 Å². The van der Waals surface area contributed by atoms with E-state index in [0.717, 1.165) is 11.5 Å². The predicted octanol–water partition coefficient (Wildman–Crippen LogP) is 2.67. The van der Waals surface area contributed by atoms with Gasteiger partial charge in [-0.05, 0) is 30.3 Å². The lowest BCUT2D eigenvalue weighted by atomic mass is 10.3. The molecule has 0 saturated heterocycles. The highest BCUT2D eigenvalue weighted by molar-refractivity contribution is 5.28. The molecule has 0 amide bonds. The average molecular weight is 170 g/mol. The predicted molar refractivity (Wildman–Crippen MR) is 49.6 cm³/mol. The number of hydrogen-bond acceptors (Lipinski definition) is 2. The van der Waals surface area contributed by atoms with Gasteiger partial charge in [0.25, 0.3) is 0 Å². The summed E-state index contributed by atoms with van der Waals surface area (Å²) in [6, 6.07) is 14.0. The highest BCUT2D eigenvalue weighted by Crippen LogP contribution is 2.18. The van der Waals surface area contributed by atoms with Crippen LogP contribution in [0, 0.1) is 6.07 Å². The quantitative estimate of drug-likeness (QED) is 0.691. The third-order valence-corrected chi connectivity index (χ3v) is 1.56. The second-order valence-electron chi connectivity index (χ2n) is 2.52. The maximum atomic E-state index is 5.51. The van der Waals surface area contributed by atoms with Crippen molar-refractivity contribution in [2.45, 2.75) is 0 Å². The smallest absolute Gasteiger partial charge is 0.130 e. The van der Waals surface area contributed by atoms with Crippen LogP contribution in [0.4, 0.5) is 0 Å². The summed E-state index contributed by atoms with van der Waals surface area (Å²) in [7, 11) is 0. The van der Waals surface area contributed by atoms with Crippen LogP contribution in [-0.4, -0.2) is 4.98 Å². The number of nitrogens with zero attached hydrogens (tertiary/aromatic N) is 1. The van der Waals surface area contributed by atoms with Gasteiger partial charge in [0.05, 0.1) is 0 Å². The van der Waals surface area contributed by atoms with Gasteiger partial charge in [-0.15, -0.1) is 0 Å². The van der Waals surface area contributed by atoms with E-state index in [0.29, 0.717) is 0 Å². The van der Waals surface area contributed by atoms with Crippen molar-refractivity contribution in [3.05, 3.63) is 54.9 Å². The molecular formula is C11H8NO. The number of pyridine rings is 1. The van der Waals surface area contributed by atoms with Gasteiger partial charge in [0.15, 0.2) is 0 Å². The van der Waals surface area contributed by atoms with Crippen molar-refractivity contribution in [3.63, 3.8) is 0 Å². The van der Waals surface area contributed by atoms with Crippen LogP contribution in [0.3, 0.4) is 0 Å². The molecule has 0 bridgehead atoms. The van der Waals surface area contributed by atoms with E-state index in [9.17, 15) is 0 Å². The van der Waals surface area contributed by atoms with Crippen LogP contribution in [0.1, 0.15) is 0 Å². The number of hydrogen-bond donors (Lipinski definition) is 0. The molecule has 0 spiro atoms. The molecule has 2 heteroatoms. The van der Waals surface area contributed by atoms with E-state index in [-0.39, 0.29) is 0 Å². The fourth-order valence-electron chi connectivity index (χ4n) is 0.983. The minimum Gasteiger partial charge on any atom is -0.457 e. The Bertz CT molecular complexity index is 321. The lowest BCUT2D eigenvalue weighted by Gasteiger charge is -2.03. The number of rotatable bonds is 2. The highest BCUT2D eigenvalue weighted by atomic mass is 16.5. The minimum atomic E-state index is 0.786. The SMILES string of the molecule is [c]1cccc(Oc2ccncc2)c1. The molecule has 0 aliphatic heterocycles. The van der Waals surface area contributed by atoms with Gasteiger partial charge in [-0.1, -0.05) is 12.1 Å². The van der Waals surface area contributed by atoms with Crippen LogP contribution in [0.25, 0.3) is 0 Å². The largest absolute Gasteiger partial charge is 0.457 e. The Morgan fingerprint density at radius 2 is 1.92 bits per heavy atom. The fourth-order valence-corrected chi connectivity index (χ4v) is 0.983. The molecule has 0 fully saturated rings. The third kappa shape index (κ3) is 2.06. The van der Waals surface area contributed by atoms with Crippen LogP contribution in [-0.2, 0) is 0 Å². The van der Waals surface area contributed by atoms with Gasteiger partial charge in [0, 0.05) is 12.4 Å². The summed E-state index contributed by atoms with van der Waals surface area (Å²) >= 11 is 0. The van der Waals surface area contributed by atoms with Gasteiger partial charge in [-0.3, -0.25) is 4.98 Å². The fraction of sp³-hybridized carbons (Fsp3) is 0. The Morgan fingerprint density at radius 3 is 2.62 bits per heavy atom. The number of aromatic nitrogens is 1. The molecule has 1 aromatic carbocycles. The molecular weight excluding hydrogens is 162 g/mol. The Labute approximate surface area is 76.8 Å². The van der Waals surface area contributed by atoms with Gasteiger partial charge in [-0.2, -0.15) is 0 Å². The summed E-state index contributed by atoms with van der Waals surface area (Å²) in [6.45, 7) is 0. The van der Waals surface area contributed by atoms with Crippen molar-refractivity contribution in [1.82, 2.24) is 4.98 Å². The van der Waals surface area contributed by atoms with E-state index in [1.54, 1.807) is 18.5 Å². The third-order valence-electron chi connectivity index (χ3n) is 1.56. The molecule has 0 atom stereocenters. The maximum Gasteiger partial charge on any atom is 0.130 e. The van der Waals surface area contributed by atoms with E-state index < -0.39 is 0 Å². The van der Waals surface area contributed by atoms with Crippen LogP contribution in [0.2, 0.25) is 0 Å². The first kappa shape index (κ1) is 7.80. The van der Waals surface area contributed by atoms with Gasteiger partial charge < -0.3 is 4.74 Å². The lowest BCUT2D eigenvalue weighted by Crippen LogP contribution is -1.82. The Hall–Kier alpha value is -1.83. The van der Waals surface area contributed by atoms with Gasteiger partial charge in [0.2, 0.25) is 0 Å². The van der Waals surface area contributed by atoms with E-state index in [4.69, 9.17) is 4.74 Å². The van der Waals surface area contributed by atoms with Crippen molar-refractivity contribution < 1.29 is 4.74 Å². The molecule has 0 aliphatic rings. The number of ether oxygens (including phenoxy) is 1. The summed E-state index contributed by atoms with van der Waals surface area (Å²) in [4.78, 5) is 3.90. The first-order valence-corrected chi connectivity index (χ1v) is 3.99. The Morgan fingerprint density at radius 1 is 1.08 bits per heavy atom. The zero-order chi connectivity index (χ0) is 8.93. The molecule has 0 aliphatic carbocycles. The summed E-state index contributed by atoms with van der Waals surface area (Å²) in [5, 5.41) is 0. The average Bonchev–Trinajstić information content (AvgIpc) is 2.21. The Kier molecular flexibility index (Phi) is 2.23. The van der Waals surface area contributed by atoms with Crippen molar-refractivity contribution >= 4 is 0 Å². The van der Waals surface area contributed by atoms with E-state index >= 15 is 0 Å². The lowest BCUT2D eigenvalue weighted by molar-refractivity contribution is 0.482. The van der Waals surface area contributed by atoms with Crippen molar-refractivity contribution in [2.75, 3.05) is 0 Å². The van der Waals surface area contributed by atoms with Crippen molar-refractivity contribution in [3.8, 4) is 11.5 Å². The summed E-state index contributed by atoms with van der Waals surface area (Å²) < 4.78 is 5.51. The zero-order valence-corrected chi connectivity index (χ0v) is 6.97. The van der Waals surface area contributed by atoms with E-state index in [2.05, 4.69) is 11.1 Å². The van der Waals surface area contributed by atoms with Crippen LogP contribution in [0.15, 0.2) is 48.8 Å². The van der Waals surface area contributed by atoms with Crippen LogP contribution in [0.5, 0.6) is 11.5 Å². The molecule has 1 radical (unpaired) electrons. The summed E-state index contributed by atoms with van der Waals surface area (Å²) in [5.41, 5.74) is 0. The monoisotopic (exact) mass is 170 g/mol. The molecule has 2 rings (SSSR count). The van der Waals surface area contributed by atoms with Crippen molar-refractivity contribution in [2.24, 2.45) is 0 Å². The summed E-state index contributed by atoms with van der Waals surface area (Å²) in [5.74, 6) is 1.57. The normalized spacial score (nSPS) is 9.54. The molecule has 63 valence electrons. The molecule has 1 heterocycles.